The van der Waals surface area contributed by atoms with E-state index in [1.54, 1.807) is 38.1 Å². The predicted octanol–water partition coefficient (Wildman–Crippen LogP) is 2.48. The lowest BCUT2D eigenvalue weighted by molar-refractivity contribution is -0.164. The lowest BCUT2D eigenvalue weighted by atomic mass is 9.86. The molecule has 0 saturated carbocycles. The van der Waals surface area contributed by atoms with Gasteiger partial charge in [-0.25, -0.2) is 0 Å². The van der Waals surface area contributed by atoms with Gasteiger partial charge in [0.15, 0.2) is 5.75 Å². The number of aromatic nitrogens is 1. The molecule has 0 radical (unpaired) electrons. The van der Waals surface area contributed by atoms with Crippen LogP contribution in [0.4, 0.5) is 0 Å². The van der Waals surface area contributed by atoms with Gasteiger partial charge in [0, 0.05) is 17.8 Å². The number of ether oxygens (including phenoxy) is 3. The van der Waals surface area contributed by atoms with E-state index >= 15 is 0 Å². The van der Waals surface area contributed by atoms with Crippen LogP contribution in [0.15, 0.2) is 24.3 Å². The number of para-hydroxylation sites is 1. The number of carbonyl (C=O) groups is 3. The van der Waals surface area contributed by atoms with Crippen LogP contribution in [0.1, 0.15) is 33.4 Å². The first-order valence-electron chi connectivity index (χ1n) is 8.00. The third-order valence-electron chi connectivity index (χ3n) is 3.77. The quantitative estimate of drug-likeness (QED) is 0.637. The predicted molar refractivity (Wildman–Crippen MR) is 90.2 cm³/mol. The van der Waals surface area contributed by atoms with Crippen LogP contribution in [0.25, 0.3) is 10.9 Å². The van der Waals surface area contributed by atoms with Crippen molar-refractivity contribution in [3.63, 3.8) is 0 Å². The molecule has 25 heavy (non-hydrogen) atoms. The smallest absolute Gasteiger partial charge is 0.329 e. The van der Waals surface area contributed by atoms with E-state index in [1.165, 1.54) is 13.8 Å². The molecule has 1 aromatic carbocycles. The van der Waals surface area contributed by atoms with Crippen LogP contribution in [-0.4, -0.2) is 36.1 Å². The highest BCUT2D eigenvalue weighted by Gasteiger charge is 2.50. The van der Waals surface area contributed by atoms with E-state index in [9.17, 15) is 14.4 Å². The van der Waals surface area contributed by atoms with Crippen molar-refractivity contribution in [2.45, 2.75) is 33.1 Å². The van der Waals surface area contributed by atoms with Gasteiger partial charge < -0.3 is 19.2 Å². The Morgan fingerprint density at radius 1 is 1.04 bits per heavy atom. The van der Waals surface area contributed by atoms with Gasteiger partial charge >= 0.3 is 17.9 Å². The van der Waals surface area contributed by atoms with Gasteiger partial charge in [0.2, 0.25) is 5.41 Å². The molecule has 0 unspecified atom stereocenters. The Labute approximate surface area is 145 Å². The van der Waals surface area contributed by atoms with Gasteiger partial charge in [-0.1, -0.05) is 12.1 Å². The number of benzene rings is 1. The maximum atomic E-state index is 12.6. The van der Waals surface area contributed by atoms with Crippen molar-refractivity contribution in [2.75, 3.05) is 13.2 Å². The van der Waals surface area contributed by atoms with Gasteiger partial charge in [-0.3, -0.25) is 14.4 Å². The fraction of sp³-hybridized carbons (Fsp3) is 0.389. The Hall–Kier alpha value is -2.83. The average Bonchev–Trinajstić information content (AvgIpc) is 2.93. The molecule has 0 fully saturated rings. The zero-order valence-corrected chi connectivity index (χ0v) is 14.7. The van der Waals surface area contributed by atoms with Gasteiger partial charge in [0.25, 0.3) is 0 Å². The van der Waals surface area contributed by atoms with Crippen molar-refractivity contribution in [3.8, 4) is 5.75 Å². The third kappa shape index (κ3) is 3.35. The lowest BCUT2D eigenvalue weighted by Crippen LogP contribution is -2.44. The first kappa shape index (κ1) is 18.5. The Morgan fingerprint density at radius 2 is 1.60 bits per heavy atom. The fourth-order valence-corrected chi connectivity index (χ4v) is 2.56. The maximum absolute atomic E-state index is 12.6. The molecular weight excluding hydrogens is 326 g/mol. The zero-order valence-electron chi connectivity index (χ0n) is 14.7. The van der Waals surface area contributed by atoms with E-state index in [4.69, 9.17) is 14.2 Å². The molecule has 0 atom stereocenters. The van der Waals surface area contributed by atoms with Gasteiger partial charge in [0.1, 0.15) is 0 Å². The minimum atomic E-state index is -1.80. The molecule has 7 heteroatoms. The number of rotatable bonds is 6. The van der Waals surface area contributed by atoms with Crippen molar-refractivity contribution in [1.82, 2.24) is 4.98 Å². The van der Waals surface area contributed by atoms with Crippen molar-refractivity contribution in [2.24, 2.45) is 0 Å². The molecule has 0 saturated heterocycles. The average molecular weight is 347 g/mol. The molecule has 1 N–H and O–H groups in total. The maximum Gasteiger partial charge on any atom is 0.329 e. The second-order valence-electron chi connectivity index (χ2n) is 5.53. The highest BCUT2D eigenvalue weighted by atomic mass is 16.6. The number of hydrogen-bond donors (Lipinski definition) is 1. The lowest BCUT2D eigenvalue weighted by Gasteiger charge is -2.25. The van der Waals surface area contributed by atoms with E-state index in [2.05, 4.69) is 4.98 Å². The molecular formula is C18H21NO6. The first-order valence-corrected chi connectivity index (χ1v) is 8.00. The summed E-state index contributed by atoms with van der Waals surface area (Å²) in [5.41, 5.74) is -1.05. The SMILES string of the molecule is CCOC(=O)C(C)(C(=O)OCC)c1[nH]c2ccccc2c1OC(C)=O. The van der Waals surface area contributed by atoms with Crippen LogP contribution < -0.4 is 4.74 Å². The number of H-pyrrole nitrogens is 1. The summed E-state index contributed by atoms with van der Waals surface area (Å²) in [7, 11) is 0. The molecule has 0 aliphatic heterocycles. The molecule has 0 aliphatic rings. The Bertz CT molecular complexity index is 789. The summed E-state index contributed by atoms with van der Waals surface area (Å²) in [6, 6.07) is 7.03. The van der Waals surface area contributed by atoms with Crippen LogP contribution in [-0.2, 0) is 29.3 Å². The summed E-state index contributed by atoms with van der Waals surface area (Å²) >= 11 is 0. The van der Waals surface area contributed by atoms with Gasteiger partial charge in [-0.2, -0.15) is 0 Å². The molecule has 1 heterocycles. The molecule has 2 rings (SSSR count). The Morgan fingerprint density at radius 3 is 2.12 bits per heavy atom. The number of esters is 3. The second kappa shape index (κ2) is 7.38. The number of nitrogens with one attached hydrogen (secondary N) is 1. The van der Waals surface area contributed by atoms with Crippen LogP contribution in [0.5, 0.6) is 5.75 Å². The number of carbonyl (C=O) groups excluding carboxylic acids is 3. The third-order valence-corrected chi connectivity index (χ3v) is 3.77. The largest absolute Gasteiger partial charge is 0.465 e. The van der Waals surface area contributed by atoms with Gasteiger partial charge in [0.05, 0.1) is 18.9 Å². The molecule has 0 bridgehead atoms. The highest BCUT2D eigenvalue weighted by molar-refractivity contribution is 6.08. The standard InChI is InChI=1S/C18H21NO6/c1-5-23-16(21)18(4,17(22)24-6-2)15-14(25-11(3)20)12-9-7-8-10-13(12)19-15/h7-10,19H,5-6H2,1-4H3. The Kier molecular flexibility index (Phi) is 5.46. The second-order valence-corrected chi connectivity index (χ2v) is 5.53. The zero-order chi connectivity index (χ0) is 18.6. The Balaban J connectivity index is 2.73. The number of hydrogen-bond acceptors (Lipinski definition) is 6. The van der Waals surface area contributed by atoms with Crippen LogP contribution >= 0.6 is 0 Å². The highest BCUT2D eigenvalue weighted by Crippen LogP contribution is 2.39. The molecule has 2 aromatic rings. The molecule has 0 amide bonds. The summed E-state index contributed by atoms with van der Waals surface area (Å²) in [5, 5.41) is 0.576. The van der Waals surface area contributed by atoms with Crippen molar-refractivity contribution in [1.29, 1.82) is 0 Å². The van der Waals surface area contributed by atoms with Crippen molar-refractivity contribution < 1.29 is 28.6 Å². The topological polar surface area (TPSA) is 94.7 Å². The summed E-state index contributed by atoms with van der Waals surface area (Å²) in [6.07, 6.45) is 0. The van der Waals surface area contributed by atoms with Crippen LogP contribution in [0.2, 0.25) is 0 Å². The van der Waals surface area contributed by atoms with E-state index in [-0.39, 0.29) is 24.7 Å². The molecule has 134 valence electrons. The minimum Gasteiger partial charge on any atom is -0.465 e. The minimum absolute atomic E-state index is 0.0942. The molecule has 1 aromatic heterocycles. The van der Waals surface area contributed by atoms with E-state index in [0.29, 0.717) is 10.9 Å². The van der Waals surface area contributed by atoms with Gasteiger partial charge in [-0.05, 0) is 32.9 Å². The fourth-order valence-electron chi connectivity index (χ4n) is 2.56. The molecule has 0 aliphatic carbocycles. The normalized spacial score (nSPS) is 11.2. The van der Waals surface area contributed by atoms with E-state index < -0.39 is 23.3 Å². The van der Waals surface area contributed by atoms with Crippen molar-refractivity contribution in [3.05, 3.63) is 30.0 Å². The van der Waals surface area contributed by atoms with E-state index in [1.807, 2.05) is 0 Å². The summed E-state index contributed by atoms with van der Waals surface area (Å²) in [5.74, 6) is -2.02. The van der Waals surface area contributed by atoms with Gasteiger partial charge in [-0.15, -0.1) is 0 Å². The van der Waals surface area contributed by atoms with Crippen LogP contribution in [0, 0.1) is 0 Å². The van der Waals surface area contributed by atoms with Crippen LogP contribution in [0.3, 0.4) is 0 Å². The summed E-state index contributed by atoms with van der Waals surface area (Å²) in [4.78, 5) is 39.8. The molecule has 7 nitrogen and oxygen atoms in total. The molecule has 0 spiro atoms. The summed E-state index contributed by atoms with van der Waals surface area (Å²) < 4.78 is 15.5. The first-order chi connectivity index (χ1) is 11.9. The van der Waals surface area contributed by atoms with Crippen molar-refractivity contribution >= 4 is 28.8 Å². The van der Waals surface area contributed by atoms with E-state index in [0.717, 1.165) is 0 Å². The summed E-state index contributed by atoms with van der Waals surface area (Å²) in [6.45, 7) is 6.11. The number of aromatic amines is 1. The monoisotopic (exact) mass is 347 g/mol. The number of fused-ring (bicyclic) bond motifs is 1.